The summed E-state index contributed by atoms with van der Waals surface area (Å²) in [6.07, 6.45) is 3.33. The van der Waals surface area contributed by atoms with Gasteiger partial charge in [0.25, 0.3) is 0 Å². The summed E-state index contributed by atoms with van der Waals surface area (Å²) in [6, 6.07) is 3.30. The number of nitrogens with zero attached hydrogens (tertiary/aromatic N) is 2. The molecule has 1 heterocycles. The number of halogens is 2. The molecule has 0 bridgehead atoms. The zero-order valence-corrected chi connectivity index (χ0v) is 7.54. The van der Waals surface area contributed by atoms with Crippen LogP contribution in [0.15, 0.2) is 30.6 Å². The summed E-state index contributed by atoms with van der Waals surface area (Å²) >= 11 is 0. The molecule has 0 radical (unpaired) electrons. The van der Waals surface area contributed by atoms with Gasteiger partial charge in [0.15, 0.2) is 0 Å². The first-order valence-electron chi connectivity index (χ1n) is 4.13. The van der Waals surface area contributed by atoms with E-state index < -0.39 is 11.6 Å². The lowest BCUT2D eigenvalue weighted by Crippen LogP contribution is -1.95. The van der Waals surface area contributed by atoms with Gasteiger partial charge in [-0.25, -0.2) is 13.5 Å². The lowest BCUT2D eigenvalue weighted by Gasteiger charge is -2.01. The minimum Gasteiger partial charge on any atom is -0.241 e. The van der Waals surface area contributed by atoms with Gasteiger partial charge in [-0.3, -0.25) is 0 Å². The van der Waals surface area contributed by atoms with E-state index in [0.717, 1.165) is 11.6 Å². The van der Waals surface area contributed by atoms with Gasteiger partial charge in [-0.1, -0.05) is 0 Å². The molecule has 2 rings (SSSR count). The van der Waals surface area contributed by atoms with Gasteiger partial charge >= 0.3 is 0 Å². The van der Waals surface area contributed by atoms with E-state index in [0.29, 0.717) is 5.69 Å². The molecule has 4 heteroatoms. The van der Waals surface area contributed by atoms with E-state index in [-0.39, 0.29) is 0 Å². The van der Waals surface area contributed by atoms with Crippen molar-refractivity contribution in [3.8, 4) is 5.69 Å². The highest BCUT2D eigenvalue weighted by Crippen LogP contribution is 2.12. The number of benzene rings is 1. The van der Waals surface area contributed by atoms with Gasteiger partial charge in [-0.2, -0.15) is 5.10 Å². The van der Waals surface area contributed by atoms with Crippen LogP contribution in [0.25, 0.3) is 5.69 Å². The summed E-state index contributed by atoms with van der Waals surface area (Å²) in [7, 11) is 0. The fourth-order valence-corrected chi connectivity index (χ4v) is 1.23. The van der Waals surface area contributed by atoms with Gasteiger partial charge in [0, 0.05) is 12.3 Å². The van der Waals surface area contributed by atoms with Crippen LogP contribution in [0.1, 0.15) is 5.56 Å². The molecule has 0 N–H and O–H groups in total. The van der Waals surface area contributed by atoms with Crippen molar-refractivity contribution in [3.05, 3.63) is 47.8 Å². The Labute approximate surface area is 79.8 Å². The topological polar surface area (TPSA) is 17.8 Å². The summed E-state index contributed by atoms with van der Waals surface area (Å²) in [5.41, 5.74) is 1.32. The van der Waals surface area contributed by atoms with Crippen LogP contribution >= 0.6 is 0 Å². The van der Waals surface area contributed by atoms with Crippen LogP contribution in [0.4, 0.5) is 8.78 Å². The Balaban J connectivity index is 2.51. The first-order chi connectivity index (χ1) is 6.65. The van der Waals surface area contributed by atoms with E-state index in [9.17, 15) is 8.78 Å². The summed E-state index contributed by atoms with van der Waals surface area (Å²) in [5.74, 6) is -1.21. The third kappa shape index (κ3) is 1.64. The van der Waals surface area contributed by atoms with Gasteiger partial charge < -0.3 is 0 Å². The van der Waals surface area contributed by atoms with Crippen molar-refractivity contribution in [3.63, 3.8) is 0 Å². The van der Waals surface area contributed by atoms with Crippen molar-refractivity contribution in [2.75, 3.05) is 0 Å². The molecule has 0 aliphatic carbocycles. The summed E-state index contributed by atoms with van der Waals surface area (Å²) in [6.45, 7) is 1.86. The number of hydrogen-bond acceptors (Lipinski definition) is 1. The van der Waals surface area contributed by atoms with Crippen molar-refractivity contribution < 1.29 is 8.78 Å². The van der Waals surface area contributed by atoms with Crippen LogP contribution < -0.4 is 0 Å². The van der Waals surface area contributed by atoms with Crippen LogP contribution in [0.2, 0.25) is 0 Å². The molecule has 0 saturated carbocycles. The monoisotopic (exact) mass is 194 g/mol. The van der Waals surface area contributed by atoms with Gasteiger partial charge in [-0.15, -0.1) is 0 Å². The first-order valence-corrected chi connectivity index (χ1v) is 4.13. The van der Waals surface area contributed by atoms with Crippen molar-refractivity contribution in [2.24, 2.45) is 0 Å². The molecule has 14 heavy (non-hydrogen) atoms. The molecule has 1 aromatic heterocycles. The van der Waals surface area contributed by atoms with Crippen LogP contribution in [0.3, 0.4) is 0 Å². The molecule has 2 nitrogen and oxygen atoms in total. The number of hydrogen-bond donors (Lipinski definition) is 0. The first kappa shape index (κ1) is 8.87. The highest BCUT2D eigenvalue weighted by Gasteiger charge is 2.02. The molecule has 0 amide bonds. The molecule has 0 fully saturated rings. The van der Waals surface area contributed by atoms with Crippen LogP contribution in [-0.2, 0) is 0 Å². The Kier molecular flexibility index (Phi) is 2.04. The maximum Gasteiger partial charge on any atom is 0.128 e. The molecule has 0 spiro atoms. The van der Waals surface area contributed by atoms with E-state index in [4.69, 9.17) is 0 Å². The second-order valence-electron chi connectivity index (χ2n) is 3.09. The minimum atomic E-state index is -0.604. The van der Waals surface area contributed by atoms with Gasteiger partial charge in [0.05, 0.1) is 11.9 Å². The molecule has 0 aliphatic heterocycles. The normalized spacial score (nSPS) is 10.5. The second-order valence-corrected chi connectivity index (χ2v) is 3.09. The third-order valence-corrected chi connectivity index (χ3v) is 1.82. The zero-order chi connectivity index (χ0) is 10.1. The summed E-state index contributed by atoms with van der Waals surface area (Å²) < 4.78 is 27.1. The fraction of sp³-hybridized carbons (Fsp3) is 0.100. The average Bonchev–Trinajstić information content (AvgIpc) is 2.50. The molecule has 0 saturated heterocycles. The van der Waals surface area contributed by atoms with Gasteiger partial charge in [-0.05, 0) is 24.6 Å². The lowest BCUT2D eigenvalue weighted by molar-refractivity contribution is 0.580. The van der Waals surface area contributed by atoms with Crippen molar-refractivity contribution in [1.82, 2.24) is 9.78 Å². The molecule has 0 aliphatic rings. The Morgan fingerprint density at radius 2 is 1.79 bits per heavy atom. The summed E-state index contributed by atoms with van der Waals surface area (Å²) in [5, 5.41) is 3.95. The van der Waals surface area contributed by atoms with E-state index in [1.165, 1.54) is 16.8 Å². The van der Waals surface area contributed by atoms with Gasteiger partial charge in [0.1, 0.15) is 11.6 Å². The minimum absolute atomic E-state index is 0.385. The van der Waals surface area contributed by atoms with E-state index >= 15 is 0 Å². The van der Waals surface area contributed by atoms with E-state index in [2.05, 4.69) is 5.10 Å². The Morgan fingerprint density at radius 1 is 1.14 bits per heavy atom. The van der Waals surface area contributed by atoms with E-state index in [1.54, 1.807) is 12.4 Å². The molecule has 1 aromatic carbocycles. The standard InChI is InChI=1S/C10H8F2N2/c1-7-5-13-14(6-7)10-3-8(11)2-9(12)4-10/h2-6H,1H3. The third-order valence-electron chi connectivity index (χ3n) is 1.82. The van der Waals surface area contributed by atoms with Crippen LogP contribution in [0, 0.1) is 18.6 Å². The number of aromatic nitrogens is 2. The Bertz CT molecular complexity index is 443. The van der Waals surface area contributed by atoms with Crippen LogP contribution in [-0.4, -0.2) is 9.78 Å². The quantitative estimate of drug-likeness (QED) is 0.681. The second kappa shape index (κ2) is 3.21. The van der Waals surface area contributed by atoms with Crippen molar-refractivity contribution in [2.45, 2.75) is 6.92 Å². The molecule has 72 valence electrons. The molecule has 2 aromatic rings. The Hall–Kier alpha value is -1.71. The Morgan fingerprint density at radius 3 is 2.29 bits per heavy atom. The maximum absolute atomic E-state index is 12.8. The molecule has 0 unspecified atom stereocenters. The maximum atomic E-state index is 12.8. The predicted octanol–water partition coefficient (Wildman–Crippen LogP) is 2.46. The van der Waals surface area contributed by atoms with Gasteiger partial charge in [0.2, 0.25) is 0 Å². The fourth-order valence-electron chi connectivity index (χ4n) is 1.23. The largest absolute Gasteiger partial charge is 0.241 e. The SMILES string of the molecule is Cc1cnn(-c2cc(F)cc(F)c2)c1. The smallest absolute Gasteiger partial charge is 0.128 e. The molecule has 0 atom stereocenters. The van der Waals surface area contributed by atoms with Crippen LogP contribution in [0.5, 0.6) is 0 Å². The lowest BCUT2D eigenvalue weighted by atomic mass is 10.3. The zero-order valence-electron chi connectivity index (χ0n) is 7.54. The predicted molar refractivity (Wildman–Crippen MR) is 48.2 cm³/mol. The highest BCUT2D eigenvalue weighted by atomic mass is 19.1. The molecular weight excluding hydrogens is 186 g/mol. The van der Waals surface area contributed by atoms with Crippen molar-refractivity contribution in [1.29, 1.82) is 0 Å². The molecular formula is C10H8F2N2. The highest BCUT2D eigenvalue weighted by molar-refractivity contribution is 5.32. The van der Waals surface area contributed by atoms with E-state index in [1.807, 2.05) is 6.92 Å². The van der Waals surface area contributed by atoms with Crippen molar-refractivity contribution >= 4 is 0 Å². The summed E-state index contributed by atoms with van der Waals surface area (Å²) in [4.78, 5) is 0. The number of aryl methyl sites for hydroxylation is 1. The number of rotatable bonds is 1. The average molecular weight is 194 g/mol.